The Hall–Kier alpha value is -2.02. The molecule has 0 unspecified atom stereocenters. The molecule has 0 bridgehead atoms. The Labute approximate surface area is 140 Å². The highest BCUT2D eigenvalue weighted by atomic mass is 32.2. The molecule has 1 heterocycles. The van der Waals surface area contributed by atoms with Gasteiger partial charge in [-0.1, -0.05) is 37.7 Å². The van der Waals surface area contributed by atoms with Crippen molar-refractivity contribution >= 4 is 23.4 Å². The minimum Gasteiger partial charge on any atom is -0.336 e. The maximum absolute atomic E-state index is 12.3. The average molecular weight is 333 g/mol. The number of thioether (sulfide) groups is 1. The van der Waals surface area contributed by atoms with Crippen LogP contribution in [0, 0.1) is 0 Å². The molecular weight excluding hydrogens is 310 g/mol. The first-order valence-corrected chi connectivity index (χ1v) is 8.68. The summed E-state index contributed by atoms with van der Waals surface area (Å²) in [6, 6.07) is 7.86. The van der Waals surface area contributed by atoms with Crippen molar-refractivity contribution in [2.24, 2.45) is 0 Å². The molecule has 3 N–H and O–H groups in total. The van der Waals surface area contributed by atoms with Crippen molar-refractivity contribution in [2.45, 2.75) is 50.4 Å². The summed E-state index contributed by atoms with van der Waals surface area (Å²) < 4.78 is 1.47. The molecule has 0 aliphatic rings. The number of aryl methyl sites for hydroxylation is 2. The van der Waals surface area contributed by atoms with Crippen LogP contribution in [0.25, 0.3) is 0 Å². The number of benzene rings is 1. The van der Waals surface area contributed by atoms with Crippen LogP contribution in [-0.4, -0.2) is 26.0 Å². The first-order chi connectivity index (χ1) is 11.0. The van der Waals surface area contributed by atoms with Crippen LogP contribution in [0.1, 0.15) is 38.6 Å². The summed E-state index contributed by atoms with van der Waals surface area (Å²) in [7, 11) is 0. The lowest BCUT2D eigenvalue weighted by Gasteiger charge is -2.12. The molecule has 124 valence electrons. The summed E-state index contributed by atoms with van der Waals surface area (Å²) >= 11 is 1.30. The summed E-state index contributed by atoms with van der Waals surface area (Å²) in [4.78, 5) is 12.3. The fourth-order valence-corrected chi connectivity index (χ4v) is 2.85. The molecule has 23 heavy (non-hydrogen) atoms. The van der Waals surface area contributed by atoms with Gasteiger partial charge in [-0.3, -0.25) is 4.79 Å². The number of carbonyl (C=O) groups is 1. The number of nitrogens with zero attached hydrogens (tertiary/aromatic N) is 3. The number of nitrogen functional groups attached to an aromatic ring is 1. The number of carbonyl (C=O) groups excluding carboxylic acids is 1. The molecule has 6 nitrogen and oxygen atoms in total. The Kier molecular flexibility index (Phi) is 6.04. The predicted molar refractivity (Wildman–Crippen MR) is 93.9 cm³/mol. The monoisotopic (exact) mass is 333 g/mol. The van der Waals surface area contributed by atoms with Gasteiger partial charge in [-0.25, -0.2) is 4.68 Å². The zero-order valence-electron chi connectivity index (χ0n) is 13.7. The zero-order valence-corrected chi connectivity index (χ0v) is 14.6. The third kappa shape index (κ3) is 4.48. The number of hydrogen-bond donors (Lipinski definition) is 2. The lowest BCUT2D eigenvalue weighted by molar-refractivity contribution is -0.115. The maximum Gasteiger partial charge on any atom is 0.237 e. The zero-order chi connectivity index (χ0) is 16.8. The largest absolute Gasteiger partial charge is 0.336 e. The SMILES string of the molecule is CCCc1nnc(S[C@@H](C)C(=O)Nc2ccc(CC)cc2)n1N. The van der Waals surface area contributed by atoms with Gasteiger partial charge in [-0.15, -0.1) is 10.2 Å². The summed E-state index contributed by atoms with van der Waals surface area (Å²) in [5, 5.41) is 11.3. The first kappa shape index (κ1) is 17.3. The van der Waals surface area contributed by atoms with Crippen LogP contribution in [0.2, 0.25) is 0 Å². The van der Waals surface area contributed by atoms with E-state index in [0.717, 1.165) is 30.8 Å². The Morgan fingerprint density at radius 3 is 2.61 bits per heavy atom. The van der Waals surface area contributed by atoms with Crippen LogP contribution in [-0.2, 0) is 17.6 Å². The molecule has 7 heteroatoms. The molecule has 1 aromatic heterocycles. The standard InChI is InChI=1S/C16H23N5OS/c1-4-6-14-19-20-16(21(14)17)23-11(3)15(22)18-13-9-7-12(5-2)8-10-13/h7-11H,4-6,17H2,1-3H3,(H,18,22)/t11-/m0/s1. The van der Waals surface area contributed by atoms with Crippen molar-refractivity contribution in [3.63, 3.8) is 0 Å². The van der Waals surface area contributed by atoms with Crippen LogP contribution >= 0.6 is 11.8 Å². The Balaban J connectivity index is 1.96. The summed E-state index contributed by atoms with van der Waals surface area (Å²) in [5.41, 5.74) is 2.03. The van der Waals surface area contributed by atoms with E-state index in [-0.39, 0.29) is 11.2 Å². The van der Waals surface area contributed by atoms with Gasteiger partial charge in [-0.05, 0) is 37.5 Å². The number of hydrogen-bond acceptors (Lipinski definition) is 5. The molecular formula is C16H23N5OS. The number of nitrogens with one attached hydrogen (secondary N) is 1. The second kappa shape index (κ2) is 8.01. The number of nitrogens with two attached hydrogens (primary N) is 1. The maximum atomic E-state index is 12.3. The smallest absolute Gasteiger partial charge is 0.237 e. The van der Waals surface area contributed by atoms with E-state index < -0.39 is 0 Å². The second-order valence-electron chi connectivity index (χ2n) is 5.32. The third-order valence-corrected chi connectivity index (χ3v) is 4.55. The molecule has 1 aromatic carbocycles. The fraction of sp³-hybridized carbons (Fsp3) is 0.438. The van der Waals surface area contributed by atoms with Gasteiger partial charge in [0, 0.05) is 12.1 Å². The van der Waals surface area contributed by atoms with Crippen LogP contribution in [0.4, 0.5) is 5.69 Å². The van der Waals surface area contributed by atoms with Gasteiger partial charge in [0.1, 0.15) is 0 Å². The second-order valence-corrected chi connectivity index (χ2v) is 6.63. The van der Waals surface area contributed by atoms with Crippen molar-refractivity contribution in [1.29, 1.82) is 0 Å². The quantitative estimate of drug-likeness (QED) is 0.601. The first-order valence-electron chi connectivity index (χ1n) is 7.81. The van der Waals surface area contributed by atoms with Crippen molar-refractivity contribution in [3.8, 4) is 0 Å². The molecule has 0 saturated carbocycles. The molecule has 1 amide bonds. The Morgan fingerprint density at radius 2 is 2.00 bits per heavy atom. The molecule has 0 radical (unpaired) electrons. The van der Waals surface area contributed by atoms with E-state index in [1.54, 1.807) is 0 Å². The molecule has 0 fully saturated rings. The van der Waals surface area contributed by atoms with Crippen molar-refractivity contribution in [2.75, 3.05) is 11.2 Å². The average Bonchev–Trinajstić information content (AvgIpc) is 2.89. The molecule has 2 rings (SSSR count). The molecule has 0 aliphatic carbocycles. The minimum absolute atomic E-state index is 0.0840. The van der Waals surface area contributed by atoms with E-state index in [0.29, 0.717) is 5.16 Å². The van der Waals surface area contributed by atoms with E-state index in [1.807, 2.05) is 31.2 Å². The van der Waals surface area contributed by atoms with Gasteiger partial charge < -0.3 is 11.2 Å². The topological polar surface area (TPSA) is 85.8 Å². The Bertz CT molecular complexity index is 653. The molecule has 0 aliphatic heterocycles. The van der Waals surface area contributed by atoms with Crippen molar-refractivity contribution in [1.82, 2.24) is 14.9 Å². The van der Waals surface area contributed by atoms with Crippen LogP contribution in [0.5, 0.6) is 0 Å². The summed E-state index contributed by atoms with van der Waals surface area (Å²) in [5.74, 6) is 6.61. The van der Waals surface area contributed by atoms with E-state index in [9.17, 15) is 4.79 Å². The molecule has 0 saturated heterocycles. The normalized spacial score (nSPS) is 12.1. The van der Waals surface area contributed by atoms with Crippen LogP contribution in [0.3, 0.4) is 0 Å². The van der Waals surface area contributed by atoms with E-state index in [4.69, 9.17) is 5.84 Å². The van der Waals surface area contributed by atoms with Gasteiger partial charge in [0.2, 0.25) is 11.1 Å². The lowest BCUT2D eigenvalue weighted by atomic mass is 10.1. The highest BCUT2D eigenvalue weighted by molar-refractivity contribution is 8.00. The minimum atomic E-state index is -0.318. The van der Waals surface area contributed by atoms with Gasteiger partial charge >= 0.3 is 0 Å². The molecule has 1 atom stereocenters. The van der Waals surface area contributed by atoms with Gasteiger partial charge in [0.05, 0.1) is 5.25 Å². The van der Waals surface area contributed by atoms with E-state index in [1.165, 1.54) is 22.0 Å². The Morgan fingerprint density at radius 1 is 1.30 bits per heavy atom. The molecule has 0 spiro atoms. The van der Waals surface area contributed by atoms with Gasteiger partial charge in [-0.2, -0.15) is 0 Å². The number of amides is 1. The lowest BCUT2D eigenvalue weighted by Crippen LogP contribution is -2.23. The van der Waals surface area contributed by atoms with E-state index in [2.05, 4.69) is 29.4 Å². The summed E-state index contributed by atoms with van der Waals surface area (Å²) in [6.45, 7) is 5.98. The van der Waals surface area contributed by atoms with Crippen LogP contribution < -0.4 is 11.2 Å². The summed E-state index contributed by atoms with van der Waals surface area (Å²) in [6.07, 6.45) is 2.70. The van der Waals surface area contributed by atoms with E-state index >= 15 is 0 Å². The van der Waals surface area contributed by atoms with Crippen molar-refractivity contribution < 1.29 is 4.79 Å². The third-order valence-electron chi connectivity index (χ3n) is 3.49. The highest BCUT2D eigenvalue weighted by Gasteiger charge is 2.19. The number of rotatable bonds is 7. The fourth-order valence-electron chi connectivity index (χ4n) is 2.06. The van der Waals surface area contributed by atoms with Gasteiger partial charge in [0.15, 0.2) is 5.82 Å². The molecule has 2 aromatic rings. The van der Waals surface area contributed by atoms with Gasteiger partial charge in [0.25, 0.3) is 0 Å². The highest BCUT2D eigenvalue weighted by Crippen LogP contribution is 2.22. The number of anilines is 1. The van der Waals surface area contributed by atoms with Crippen LogP contribution in [0.15, 0.2) is 29.4 Å². The van der Waals surface area contributed by atoms with Crippen molar-refractivity contribution in [3.05, 3.63) is 35.7 Å². The number of aromatic nitrogens is 3. The predicted octanol–water partition coefficient (Wildman–Crippen LogP) is 2.63.